The zero-order valence-corrected chi connectivity index (χ0v) is 12.8. The molecule has 104 valence electrons. The average Bonchev–Trinajstić information content (AvgIpc) is 2.94. The average molecular weight is 333 g/mol. The van der Waals surface area contributed by atoms with Crippen LogP contribution in [0.25, 0.3) is 0 Å². The van der Waals surface area contributed by atoms with E-state index < -0.39 is 0 Å². The summed E-state index contributed by atoms with van der Waals surface area (Å²) in [5.41, 5.74) is 5.01. The first-order valence-corrected chi connectivity index (χ1v) is 7.68. The van der Waals surface area contributed by atoms with Crippen LogP contribution in [0.3, 0.4) is 0 Å². The summed E-state index contributed by atoms with van der Waals surface area (Å²) in [6, 6.07) is 12.3. The molecule has 0 bridgehead atoms. The summed E-state index contributed by atoms with van der Waals surface area (Å²) >= 11 is 3.40. The number of aliphatic hydroxyl groups excluding tert-OH is 1. The van der Waals surface area contributed by atoms with Gasteiger partial charge in [0.25, 0.3) is 0 Å². The maximum absolute atomic E-state index is 9.25. The summed E-state index contributed by atoms with van der Waals surface area (Å²) in [5, 5.41) is 9.25. The Labute approximate surface area is 127 Å². The molecule has 0 saturated carbocycles. The molecule has 2 aromatic carbocycles. The lowest BCUT2D eigenvalue weighted by atomic mass is 10.1. The second-order valence-corrected chi connectivity index (χ2v) is 6.01. The van der Waals surface area contributed by atoms with Crippen LogP contribution in [0.2, 0.25) is 0 Å². The Bertz CT molecular complexity index is 611. The van der Waals surface area contributed by atoms with Crippen molar-refractivity contribution in [3.05, 3.63) is 63.1 Å². The van der Waals surface area contributed by atoms with E-state index in [-0.39, 0.29) is 6.61 Å². The van der Waals surface area contributed by atoms with E-state index in [9.17, 15) is 5.11 Å². The van der Waals surface area contributed by atoms with Crippen LogP contribution in [-0.2, 0) is 26.1 Å². The summed E-state index contributed by atoms with van der Waals surface area (Å²) in [7, 11) is 0. The molecule has 0 atom stereocenters. The minimum atomic E-state index is 0.0105. The predicted molar refractivity (Wildman–Crippen MR) is 82.9 cm³/mol. The van der Waals surface area contributed by atoms with Gasteiger partial charge in [-0.1, -0.05) is 34.1 Å². The summed E-state index contributed by atoms with van der Waals surface area (Å²) in [6.45, 7) is 0.580. The van der Waals surface area contributed by atoms with Gasteiger partial charge >= 0.3 is 0 Å². The Balaban J connectivity index is 1.70. The molecule has 0 amide bonds. The molecule has 0 spiro atoms. The number of rotatable bonds is 4. The Morgan fingerprint density at radius 1 is 1.05 bits per heavy atom. The minimum absolute atomic E-state index is 0.0105. The number of ether oxygens (including phenoxy) is 1. The van der Waals surface area contributed by atoms with E-state index in [1.807, 2.05) is 18.2 Å². The zero-order valence-electron chi connectivity index (χ0n) is 11.2. The maximum Gasteiger partial charge on any atom is 0.120 e. The molecular formula is C17H17BrO2. The van der Waals surface area contributed by atoms with Gasteiger partial charge in [-0.25, -0.2) is 0 Å². The van der Waals surface area contributed by atoms with Gasteiger partial charge in [-0.15, -0.1) is 0 Å². The molecule has 0 unspecified atom stereocenters. The molecule has 0 aliphatic heterocycles. The molecule has 0 radical (unpaired) electrons. The number of benzene rings is 2. The highest BCUT2D eigenvalue weighted by atomic mass is 79.9. The zero-order chi connectivity index (χ0) is 13.9. The minimum Gasteiger partial charge on any atom is -0.489 e. The normalized spacial score (nSPS) is 13.3. The van der Waals surface area contributed by atoms with Crippen molar-refractivity contribution in [2.75, 3.05) is 0 Å². The van der Waals surface area contributed by atoms with E-state index in [1.165, 1.54) is 36.0 Å². The first-order chi connectivity index (χ1) is 9.76. The molecule has 2 aromatic rings. The first-order valence-electron chi connectivity index (χ1n) is 6.89. The third kappa shape index (κ3) is 2.89. The van der Waals surface area contributed by atoms with E-state index in [4.69, 9.17) is 4.74 Å². The van der Waals surface area contributed by atoms with Gasteiger partial charge in [0.2, 0.25) is 0 Å². The van der Waals surface area contributed by atoms with Crippen molar-refractivity contribution in [2.24, 2.45) is 0 Å². The second kappa shape index (κ2) is 5.98. The van der Waals surface area contributed by atoms with Crippen LogP contribution in [0.5, 0.6) is 5.75 Å². The molecule has 20 heavy (non-hydrogen) atoms. The molecule has 0 heterocycles. The fourth-order valence-corrected chi connectivity index (χ4v) is 3.02. The largest absolute Gasteiger partial charge is 0.489 e. The molecule has 0 aromatic heterocycles. The molecule has 3 rings (SSSR count). The van der Waals surface area contributed by atoms with Gasteiger partial charge < -0.3 is 9.84 Å². The molecule has 3 heteroatoms. The number of fused-ring (bicyclic) bond motifs is 1. The number of hydrogen-bond acceptors (Lipinski definition) is 2. The van der Waals surface area contributed by atoms with Crippen molar-refractivity contribution < 1.29 is 9.84 Å². The third-order valence-corrected chi connectivity index (χ3v) is 4.53. The van der Waals surface area contributed by atoms with Gasteiger partial charge in [-0.3, -0.25) is 0 Å². The molecule has 0 saturated heterocycles. The van der Waals surface area contributed by atoms with Crippen LogP contribution in [0.4, 0.5) is 0 Å². The lowest BCUT2D eigenvalue weighted by molar-refractivity contribution is 0.277. The van der Waals surface area contributed by atoms with Crippen LogP contribution in [-0.4, -0.2) is 5.11 Å². The van der Waals surface area contributed by atoms with Crippen LogP contribution in [0, 0.1) is 0 Å². The fourth-order valence-electron chi connectivity index (χ4n) is 2.64. The smallest absolute Gasteiger partial charge is 0.120 e. The van der Waals surface area contributed by atoms with Gasteiger partial charge in [-0.2, -0.15) is 0 Å². The van der Waals surface area contributed by atoms with Crippen LogP contribution >= 0.6 is 15.9 Å². The van der Waals surface area contributed by atoms with Crippen molar-refractivity contribution in [2.45, 2.75) is 32.5 Å². The van der Waals surface area contributed by atoms with Gasteiger partial charge in [0.1, 0.15) is 12.4 Å². The van der Waals surface area contributed by atoms with Crippen LogP contribution < -0.4 is 4.74 Å². The van der Waals surface area contributed by atoms with E-state index in [0.29, 0.717) is 6.61 Å². The van der Waals surface area contributed by atoms with E-state index in [1.54, 1.807) is 0 Å². The van der Waals surface area contributed by atoms with Gasteiger partial charge in [0, 0.05) is 4.47 Å². The van der Waals surface area contributed by atoms with E-state index in [2.05, 4.69) is 34.1 Å². The predicted octanol–water partition coefficient (Wildman–Crippen LogP) is 4.01. The lowest BCUT2D eigenvalue weighted by Gasteiger charge is -2.10. The molecule has 1 aliphatic carbocycles. The highest BCUT2D eigenvalue weighted by Crippen LogP contribution is 2.25. The lowest BCUT2D eigenvalue weighted by Crippen LogP contribution is -1.98. The first kappa shape index (κ1) is 13.7. The molecule has 0 fully saturated rings. The highest BCUT2D eigenvalue weighted by Gasteiger charge is 2.11. The van der Waals surface area contributed by atoms with Crippen molar-refractivity contribution in [3.63, 3.8) is 0 Å². The molecular weight excluding hydrogens is 316 g/mol. The maximum atomic E-state index is 9.25. The topological polar surface area (TPSA) is 29.5 Å². The van der Waals surface area contributed by atoms with Crippen LogP contribution in [0.1, 0.15) is 28.7 Å². The monoisotopic (exact) mass is 332 g/mol. The standard InChI is InChI=1S/C17H17BrO2/c18-17-7-6-16(9-15(17)10-19)20-11-12-4-5-13-2-1-3-14(13)8-12/h4-9,19H,1-3,10-11H2. The van der Waals surface area contributed by atoms with Gasteiger partial charge in [0.05, 0.1) is 6.61 Å². The summed E-state index contributed by atoms with van der Waals surface area (Å²) in [4.78, 5) is 0. The Morgan fingerprint density at radius 2 is 1.90 bits per heavy atom. The summed E-state index contributed by atoms with van der Waals surface area (Å²) in [5.74, 6) is 0.790. The molecule has 1 aliphatic rings. The second-order valence-electron chi connectivity index (χ2n) is 5.16. The Hall–Kier alpha value is -1.32. The van der Waals surface area contributed by atoms with Crippen molar-refractivity contribution in [1.82, 2.24) is 0 Å². The molecule has 1 N–H and O–H groups in total. The highest BCUT2D eigenvalue weighted by molar-refractivity contribution is 9.10. The number of hydrogen-bond donors (Lipinski definition) is 1. The van der Waals surface area contributed by atoms with Crippen molar-refractivity contribution in [3.8, 4) is 5.75 Å². The van der Waals surface area contributed by atoms with Crippen LogP contribution in [0.15, 0.2) is 40.9 Å². The number of halogens is 1. The van der Waals surface area contributed by atoms with E-state index in [0.717, 1.165) is 15.8 Å². The Kier molecular flexibility index (Phi) is 4.08. The number of aryl methyl sites for hydroxylation is 2. The van der Waals surface area contributed by atoms with Crippen molar-refractivity contribution in [1.29, 1.82) is 0 Å². The van der Waals surface area contributed by atoms with Crippen molar-refractivity contribution >= 4 is 15.9 Å². The Morgan fingerprint density at radius 3 is 2.75 bits per heavy atom. The SMILES string of the molecule is OCc1cc(OCc2ccc3c(c2)CCC3)ccc1Br. The van der Waals surface area contributed by atoms with Gasteiger partial charge in [-0.05, 0) is 59.7 Å². The third-order valence-electron chi connectivity index (χ3n) is 3.76. The number of aliphatic hydroxyl groups is 1. The van der Waals surface area contributed by atoms with Gasteiger partial charge in [0.15, 0.2) is 0 Å². The quantitative estimate of drug-likeness (QED) is 0.916. The fraction of sp³-hybridized carbons (Fsp3) is 0.294. The summed E-state index contributed by atoms with van der Waals surface area (Å²) < 4.78 is 6.72. The summed E-state index contributed by atoms with van der Waals surface area (Å²) in [6.07, 6.45) is 3.67. The molecule has 2 nitrogen and oxygen atoms in total. The van der Waals surface area contributed by atoms with E-state index >= 15 is 0 Å².